The van der Waals surface area contributed by atoms with Gasteiger partial charge in [-0.25, -0.2) is 4.79 Å². The fraction of sp³-hybridized carbons (Fsp3) is 0.529. The van der Waals surface area contributed by atoms with Gasteiger partial charge in [0, 0.05) is 12.2 Å². The van der Waals surface area contributed by atoms with Gasteiger partial charge in [-0.2, -0.15) is 0 Å². The molecule has 0 aliphatic carbocycles. The van der Waals surface area contributed by atoms with Gasteiger partial charge in [0.2, 0.25) is 5.91 Å². The van der Waals surface area contributed by atoms with E-state index in [1.54, 1.807) is 6.07 Å². The molecule has 1 aromatic rings. The third kappa shape index (κ3) is 4.45. The van der Waals surface area contributed by atoms with Crippen LogP contribution in [-0.2, 0) is 9.53 Å². The predicted molar refractivity (Wildman–Crippen MR) is 95.2 cm³/mol. The Balaban J connectivity index is 0.00000484. The number of aryl methyl sites for hydroxylation is 1. The van der Waals surface area contributed by atoms with Crippen LogP contribution in [0.4, 0.5) is 5.69 Å². The summed E-state index contributed by atoms with van der Waals surface area (Å²) in [4.78, 5) is 24.4. The maximum atomic E-state index is 12.6. The van der Waals surface area contributed by atoms with E-state index in [9.17, 15) is 9.59 Å². The first-order valence-electron chi connectivity index (χ1n) is 7.56. The largest absolute Gasteiger partial charge is 0.465 e. The second-order valence-electron chi connectivity index (χ2n) is 5.60. The predicted octanol–water partition coefficient (Wildman–Crippen LogP) is 3.22. The molecular weight excluding hydrogens is 316 g/mol. The Morgan fingerprint density at radius 2 is 1.78 bits per heavy atom. The van der Waals surface area contributed by atoms with Crippen molar-refractivity contribution in [3.63, 3.8) is 0 Å². The first-order valence-corrected chi connectivity index (χ1v) is 7.56. The lowest BCUT2D eigenvalue weighted by Crippen LogP contribution is -2.41. The molecule has 0 atom stereocenters. The van der Waals surface area contributed by atoms with Crippen molar-refractivity contribution < 1.29 is 14.3 Å². The molecule has 0 radical (unpaired) electrons. The number of rotatable bonds is 6. The van der Waals surface area contributed by atoms with Gasteiger partial charge in [-0.15, -0.1) is 12.4 Å². The van der Waals surface area contributed by atoms with Crippen LogP contribution in [0.5, 0.6) is 0 Å². The Morgan fingerprint density at radius 1 is 1.22 bits per heavy atom. The number of carbonyl (C=O) groups is 2. The number of nitrogens with one attached hydrogen (secondary N) is 1. The van der Waals surface area contributed by atoms with E-state index >= 15 is 0 Å². The molecule has 1 amide bonds. The van der Waals surface area contributed by atoms with E-state index < -0.39 is 11.4 Å². The molecule has 0 bridgehead atoms. The lowest BCUT2D eigenvalue weighted by Gasteiger charge is -2.28. The van der Waals surface area contributed by atoms with E-state index in [1.807, 2.05) is 33.8 Å². The van der Waals surface area contributed by atoms with Gasteiger partial charge in [0.05, 0.1) is 18.1 Å². The van der Waals surface area contributed by atoms with Crippen molar-refractivity contribution in [2.75, 3.05) is 19.0 Å². The number of carbonyl (C=O) groups excluding carboxylic acids is 2. The number of methoxy groups -OCH3 is 1. The molecule has 0 heterocycles. The van der Waals surface area contributed by atoms with Crippen LogP contribution in [0.1, 0.15) is 48.2 Å². The maximum absolute atomic E-state index is 12.6. The molecule has 23 heavy (non-hydrogen) atoms. The van der Waals surface area contributed by atoms with E-state index in [-0.39, 0.29) is 18.3 Å². The van der Waals surface area contributed by atoms with E-state index in [4.69, 9.17) is 10.5 Å². The normalized spacial score (nSPS) is 10.7. The molecule has 0 aromatic heterocycles. The van der Waals surface area contributed by atoms with E-state index in [2.05, 4.69) is 5.32 Å². The van der Waals surface area contributed by atoms with Crippen LogP contribution in [0.15, 0.2) is 12.1 Å². The van der Waals surface area contributed by atoms with Crippen LogP contribution in [0.3, 0.4) is 0 Å². The second kappa shape index (κ2) is 8.89. The van der Waals surface area contributed by atoms with Crippen LogP contribution in [0.2, 0.25) is 0 Å². The molecule has 0 saturated heterocycles. The summed E-state index contributed by atoms with van der Waals surface area (Å²) in [5, 5.41) is 2.90. The van der Waals surface area contributed by atoms with Crippen LogP contribution >= 0.6 is 12.4 Å². The first-order chi connectivity index (χ1) is 10.3. The Hall–Kier alpha value is -1.59. The standard InChI is InChI=1S/C17H26N2O3.ClH/c1-6-17(7-2,10-18)16(21)19-13-8-11(3)12(4)14(9-13)15(20)22-5;/h8-9H,6-7,10,18H2,1-5H3,(H,19,21);1H. The highest BCUT2D eigenvalue weighted by Crippen LogP contribution is 2.28. The third-order valence-corrected chi connectivity index (χ3v) is 4.56. The molecule has 0 saturated carbocycles. The highest BCUT2D eigenvalue weighted by molar-refractivity contribution is 5.98. The second-order valence-corrected chi connectivity index (χ2v) is 5.60. The van der Waals surface area contributed by atoms with Gasteiger partial charge >= 0.3 is 5.97 Å². The summed E-state index contributed by atoms with van der Waals surface area (Å²) in [6.07, 6.45) is 1.33. The summed E-state index contributed by atoms with van der Waals surface area (Å²) in [5.41, 5.74) is 8.05. The summed E-state index contributed by atoms with van der Waals surface area (Å²) < 4.78 is 4.79. The average Bonchev–Trinajstić information content (AvgIpc) is 2.52. The molecule has 0 unspecified atom stereocenters. The lowest BCUT2D eigenvalue weighted by molar-refractivity contribution is -0.125. The van der Waals surface area contributed by atoms with Crippen molar-refractivity contribution in [2.45, 2.75) is 40.5 Å². The van der Waals surface area contributed by atoms with Crippen molar-refractivity contribution >= 4 is 30.0 Å². The zero-order valence-electron chi connectivity index (χ0n) is 14.5. The zero-order chi connectivity index (χ0) is 16.9. The average molecular weight is 343 g/mol. The highest BCUT2D eigenvalue weighted by Gasteiger charge is 2.33. The number of ether oxygens (including phenoxy) is 1. The van der Waals surface area contributed by atoms with Gasteiger partial charge in [0.15, 0.2) is 0 Å². The Bertz CT molecular complexity index is 561. The van der Waals surface area contributed by atoms with Crippen molar-refractivity contribution in [1.29, 1.82) is 0 Å². The number of nitrogens with two attached hydrogens (primary N) is 1. The van der Waals surface area contributed by atoms with Gasteiger partial charge in [-0.05, 0) is 49.9 Å². The first kappa shape index (κ1) is 21.4. The Morgan fingerprint density at radius 3 is 2.22 bits per heavy atom. The third-order valence-electron chi connectivity index (χ3n) is 4.56. The number of benzene rings is 1. The van der Waals surface area contributed by atoms with Crippen molar-refractivity contribution in [2.24, 2.45) is 11.1 Å². The van der Waals surface area contributed by atoms with E-state index in [0.29, 0.717) is 30.6 Å². The maximum Gasteiger partial charge on any atom is 0.338 e. The number of hydrogen-bond acceptors (Lipinski definition) is 4. The molecule has 6 heteroatoms. The Kier molecular flexibility index (Phi) is 8.28. The quantitative estimate of drug-likeness (QED) is 0.778. The smallest absolute Gasteiger partial charge is 0.338 e. The van der Waals surface area contributed by atoms with E-state index in [0.717, 1.165) is 11.1 Å². The van der Waals surface area contributed by atoms with Crippen molar-refractivity contribution in [3.05, 3.63) is 28.8 Å². The number of amides is 1. The summed E-state index contributed by atoms with van der Waals surface area (Å²) in [5.74, 6) is -0.521. The SMILES string of the molecule is CCC(CC)(CN)C(=O)Nc1cc(C)c(C)c(C(=O)OC)c1.Cl. The summed E-state index contributed by atoms with van der Waals surface area (Å²) >= 11 is 0. The van der Waals surface area contributed by atoms with Gasteiger partial charge in [0.1, 0.15) is 0 Å². The van der Waals surface area contributed by atoms with Crippen LogP contribution < -0.4 is 11.1 Å². The molecule has 130 valence electrons. The van der Waals surface area contributed by atoms with Crippen LogP contribution in [0, 0.1) is 19.3 Å². The molecule has 1 rings (SSSR count). The zero-order valence-corrected chi connectivity index (χ0v) is 15.3. The molecule has 0 fully saturated rings. The monoisotopic (exact) mass is 342 g/mol. The van der Waals surface area contributed by atoms with Gasteiger partial charge in [0.25, 0.3) is 0 Å². The summed E-state index contributed by atoms with van der Waals surface area (Å²) in [7, 11) is 1.34. The fourth-order valence-corrected chi connectivity index (χ4v) is 2.47. The van der Waals surface area contributed by atoms with Gasteiger partial charge in [-0.1, -0.05) is 13.8 Å². The van der Waals surface area contributed by atoms with E-state index in [1.165, 1.54) is 7.11 Å². The number of halogens is 1. The minimum absolute atomic E-state index is 0. The summed E-state index contributed by atoms with van der Waals surface area (Å²) in [6, 6.07) is 3.50. The van der Waals surface area contributed by atoms with Crippen molar-refractivity contribution in [3.8, 4) is 0 Å². The fourth-order valence-electron chi connectivity index (χ4n) is 2.47. The number of hydrogen-bond donors (Lipinski definition) is 2. The van der Waals surface area contributed by atoms with Gasteiger partial charge < -0.3 is 15.8 Å². The molecular formula is C17H27ClN2O3. The highest BCUT2D eigenvalue weighted by atomic mass is 35.5. The molecule has 3 N–H and O–H groups in total. The minimum atomic E-state index is -0.579. The molecule has 0 aliphatic heterocycles. The van der Waals surface area contributed by atoms with Crippen molar-refractivity contribution in [1.82, 2.24) is 0 Å². The summed E-state index contributed by atoms with van der Waals surface area (Å²) in [6.45, 7) is 7.95. The lowest BCUT2D eigenvalue weighted by atomic mass is 9.81. The van der Waals surface area contributed by atoms with Gasteiger partial charge in [-0.3, -0.25) is 4.79 Å². The molecule has 1 aromatic carbocycles. The minimum Gasteiger partial charge on any atom is -0.465 e. The number of esters is 1. The Labute approximate surface area is 144 Å². The van der Waals surface area contributed by atoms with Crippen LogP contribution in [0.25, 0.3) is 0 Å². The number of anilines is 1. The topological polar surface area (TPSA) is 81.4 Å². The molecule has 5 nitrogen and oxygen atoms in total. The molecule has 0 aliphatic rings. The van der Waals surface area contributed by atoms with Crippen LogP contribution in [-0.4, -0.2) is 25.5 Å². The molecule has 0 spiro atoms.